The SMILES string of the molecule is Cc1nn(C)c2c1c1ccccc1c(=O)n2C(C)NC(C)C.Cl. The van der Waals surface area contributed by atoms with Gasteiger partial charge in [0.2, 0.25) is 0 Å². The molecule has 0 amide bonds. The molecule has 23 heavy (non-hydrogen) atoms. The minimum absolute atomic E-state index is 0. The van der Waals surface area contributed by atoms with Crippen molar-refractivity contribution >= 4 is 34.2 Å². The van der Waals surface area contributed by atoms with Crippen molar-refractivity contribution < 1.29 is 0 Å². The van der Waals surface area contributed by atoms with E-state index in [1.54, 1.807) is 4.68 Å². The van der Waals surface area contributed by atoms with Gasteiger partial charge >= 0.3 is 0 Å². The molecule has 0 aliphatic rings. The van der Waals surface area contributed by atoms with Crippen molar-refractivity contribution in [3.05, 3.63) is 40.3 Å². The maximum atomic E-state index is 13.0. The molecule has 6 heteroatoms. The van der Waals surface area contributed by atoms with Crippen molar-refractivity contribution in [3.8, 4) is 0 Å². The van der Waals surface area contributed by atoms with Gasteiger partial charge in [0.15, 0.2) is 0 Å². The topological polar surface area (TPSA) is 51.9 Å². The van der Waals surface area contributed by atoms with Crippen molar-refractivity contribution in [2.75, 3.05) is 0 Å². The van der Waals surface area contributed by atoms with E-state index >= 15 is 0 Å². The quantitative estimate of drug-likeness (QED) is 0.800. The molecule has 3 rings (SSSR count). The van der Waals surface area contributed by atoms with Crippen LogP contribution in [0.5, 0.6) is 0 Å². The van der Waals surface area contributed by atoms with Gasteiger partial charge in [-0.05, 0) is 33.8 Å². The number of hydrogen-bond acceptors (Lipinski definition) is 3. The van der Waals surface area contributed by atoms with Gasteiger partial charge in [-0.1, -0.05) is 18.2 Å². The number of aryl methyl sites for hydroxylation is 2. The zero-order valence-electron chi connectivity index (χ0n) is 14.1. The Morgan fingerprint density at radius 2 is 1.74 bits per heavy atom. The van der Waals surface area contributed by atoms with Crippen LogP contribution in [-0.4, -0.2) is 20.4 Å². The van der Waals surface area contributed by atoms with E-state index in [1.165, 1.54) is 0 Å². The molecule has 2 heterocycles. The Hall–Kier alpha value is -1.85. The van der Waals surface area contributed by atoms with Crippen LogP contribution in [0, 0.1) is 6.92 Å². The van der Waals surface area contributed by atoms with Gasteiger partial charge in [0.05, 0.1) is 11.9 Å². The second-order valence-corrected chi connectivity index (χ2v) is 6.13. The lowest BCUT2D eigenvalue weighted by Gasteiger charge is -2.21. The Morgan fingerprint density at radius 1 is 1.13 bits per heavy atom. The van der Waals surface area contributed by atoms with E-state index < -0.39 is 0 Å². The van der Waals surface area contributed by atoms with Crippen LogP contribution in [0.2, 0.25) is 0 Å². The van der Waals surface area contributed by atoms with Crippen molar-refractivity contribution in [2.45, 2.75) is 39.9 Å². The van der Waals surface area contributed by atoms with E-state index in [9.17, 15) is 4.79 Å². The van der Waals surface area contributed by atoms with Crippen molar-refractivity contribution in [2.24, 2.45) is 7.05 Å². The fraction of sp³-hybridized carbons (Fsp3) is 0.412. The van der Waals surface area contributed by atoms with Gasteiger partial charge in [-0.15, -0.1) is 12.4 Å². The van der Waals surface area contributed by atoms with Crippen LogP contribution >= 0.6 is 12.4 Å². The molecule has 1 unspecified atom stereocenters. The molecule has 1 atom stereocenters. The molecule has 1 N–H and O–H groups in total. The van der Waals surface area contributed by atoms with Crippen LogP contribution in [0.15, 0.2) is 29.1 Å². The molecule has 0 saturated carbocycles. The van der Waals surface area contributed by atoms with Crippen LogP contribution in [-0.2, 0) is 7.05 Å². The molecule has 5 nitrogen and oxygen atoms in total. The number of rotatable bonds is 3. The lowest BCUT2D eigenvalue weighted by atomic mass is 10.1. The maximum Gasteiger partial charge on any atom is 0.261 e. The highest BCUT2D eigenvalue weighted by Crippen LogP contribution is 2.26. The highest BCUT2D eigenvalue weighted by atomic mass is 35.5. The Balaban J connectivity index is 0.00000192. The normalized spacial score (nSPS) is 12.8. The minimum Gasteiger partial charge on any atom is -0.295 e. The summed E-state index contributed by atoms with van der Waals surface area (Å²) >= 11 is 0. The summed E-state index contributed by atoms with van der Waals surface area (Å²) in [6, 6.07) is 8.05. The van der Waals surface area contributed by atoms with E-state index in [1.807, 2.05) is 49.7 Å². The van der Waals surface area contributed by atoms with Crippen LogP contribution in [0.3, 0.4) is 0 Å². The van der Waals surface area contributed by atoms with Gasteiger partial charge in [-0.3, -0.25) is 19.4 Å². The standard InChI is InChI=1S/C17H22N4O.ClH/c1-10(2)18-12(4)21-16-15(11(3)19-20(16)5)13-8-6-7-9-14(13)17(21)22;/h6-10,12,18H,1-5H3;1H. The Bertz CT molecular complexity index is 910. The predicted molar refractivity (Wildman–Crippen MR) is 97.4 cm³/mol. The monoisotopic (exact) mass is 334 g/mol. The zero-order chi connectivity index (χ0) is 16.0. The van der Waals surface area contributed by atoms with Crippen molar-refractivity contribution in [3.63, 3.8) is 0 Å². The van der Waals surface area contributed by atoms with E-state index in [0.717, 1.165) is 27.5 Å². The van der Waals surface area contributed by atoms with E-state index in [2.05, 4.69) is 24.3 Å². The Kier molecular flexibility index (Phi) is 4.82. The molecule has 0 spiro atoms. The fourth-order valence-electron chi connectivity index (χ4n) is 3.27. The summed E-state index contributed by atoms with van der Waals surface area (Å²) in [6.07, 6.45) is -0.102. The summed E-state index contributed by atoms with van der Waals surface area (Å²) in [7, 11) is 1.89. The first-order chi connectivity index (χ1) is 10.4. The third-order valence-corrected chi connectivity index (χ3v) is 4.03. The Labute approximate surface area is 141 Å². The number of pyridine rings is 1. The summed E-state index contributed by atoms with van der Waals surface area (Å²) in [5.74, 6) is 0. The van der Waals surface area contributed by atoms with Gasteiger partial charge in [0.1, 0.15) is 5.65 Å². The lowest BCUT2D eigenvalue weighted by Crippen LogP contribution is -2.36. The highest BCUT2D eigenvalue weighted by Gasteiger charge is 2.20. The first-order valence-electron chi connectivity index (χ1n) is 7.64. The minimum atomic E-state index is -0.102. The molecule has 0 bridgehead atoms. The highest BCUT2D eigenvalue weighted by molar-refractivity contribution is 6.05. The summed E-state index contributed by atoms with van der Waals surface area (Å²) in [5, 5.41) is 10.7. The summed E-state index contributed by atoms with van der Waals surface area (Å²) in [5.41, 5.74) is 1.83. The fourth-order valence-corrected chi connectivity index (χ4v) is 3.27. The van der Waals surface area contributed by atoms with Crippen molar-refractivity contribution in [1.29, 1.82) is 0 Å². The third kappa shape index (κ3) is 2.75. The number of nitrogens with zero attached hydrogens (tertiary/aromatic N) is 3. The smallest absolute Gasteiger partial charge is 0.261 e. The van der Waals surface area contributed by atoms with Crippen LogP contribution in [0.1, 0.15) is 32.6 Å². The van der Waals surface area contributed by atoms with Crippen LogP contribution < -0.4 is 10.9 Å². The number of aromatic nitrogens is 3. The molecular formula is C17H23ClN4O. The molecule has 0 aliphatic heterocycles. The summed E-state index contributed by atoms with van der Waals surface area (Å²) in [4.78, 5) is 13.0. The molecule has 0 fully saturated rings. The van der Waals surface area contributed by atoms with Crippen molar-refractivity contribution in [1.82, 2.24) is 19.7 Å². The molecule has 0 radical (unpaired) electrons. The van der Waals surface area contributed by atoms with E-state index in [-0.39, 0.29) is 30.2 Å². The molecule has 2 aromatic heterocycles. The van der Waals surface area contributed by atoms with E-state index in [4.69, 9.17) is 0 Å². The zero-order valence-corrected chi connectivity index (χ0v) is 14.9. The lowest BCUT2D eigenvalue weighted by molar-refractivity contribution is 0.397. The second-order valence-electron chi connectivity index (χ2n) is 6.13. The molecule has 3 aromatic rings. The third-order valence-electron chi connectivity index (χ3n) is 4.03. The average Bonchev–Trinajstić information content (AvgIpc) is 2.74. The predicted octanol–water partition coefficient (Wildman–Crippen LogP) is 3.13. The number of fused-ring (bicyclic) bond motifs is 3. The molecule has 0 saturated heterocycles. The van der Waals surface area contributed by atoms with Gasteiger partial charge in [-0.25, -0.2) is 0 Å². The Morgan fingerprint density at radius 3 is 2.35 bits per heavy atom. The van der Waals surface area contributed by atoms with Crippen LogP contribution in [0.4, 0.5) is 0 Å². The maximum absolute atomic E-state index is 13.0. The van der Waals surface area contributed by atoms with Crippen LogP contribution in [0.25, 0.3) is 21.8 Å². The first kappa shape index (κ1) is 17.5. The molecular weight excluding hydrogens is 312 g/mol. The number of hydrogen-bond donors (Lipinski definition) is 1. The second kappa shape index (κ2) is 6.34. The van der Waals surface area contributed by atoms with Gasteiger partial charge in [0.25, 0.3) is 5.56 Å². The molecule has 124 valence electrons. The van der Waals surface area contributed by atoms with Gasteiger partial charge < -0.3 is 0 Å². The van der Waals surface area contributed by atoms with Gasteiger partial charge in [-0.2, -0.15) is 5.10 Å². The molecule has 1 aromatic carbocycles. The number of benzene rings is 1. The number of halogens is 1. The largest absolute Gasteiger partial charge is 0.295 e. The molecule has 0 aliphatic carbocycles. The first-order valence-corrected chi connectivity index (χ1v) is 7.64. The number of nitrogens with one attached hydrogen (secondary N) is 1. The van der Waals surface area contributed by atoms with E-state index in [0.29, 0.717) is 0 Å². The average molecular weight is 335 g/mol. The summed E-state index contributed by atoms with van der Waals surface area (Å²) in [6.45, 7) is 8.16. The summed E-state index contributed by atoms with van der Waals surface area (Å²) < 4.78 is 3.62. The van der Waals surface area contributed by atoms with Gasteiger partial charge in [0, 0.05) is 29.2 Å².